The van der Waals surface area contributed by atoms with Crippen molar-refractivity contribution >= 4 is 18.1 Å². The summed E-state index contributed by atoms with van der Waals surface area (Å²) in [6.07, 6.45) is 19.1. The lowest BCUT2D eigenvalue weighted by Crippen LogP contribution is -2.51. The number of rotatable bonds is 12. The van der Waals surface area contributed by atoms with Crippen LogP contribution in [0.3, 0.4) is 0 Å². The molecule has 15 atom stereocenters. The monoisotopic (exact) mass is 947 g/mol. The molecule has 5 aliphatic rings. The quantitative estimate of drug-likeness (QED) is 0.104. The standard InChI is InChI=1S/C53H74N2O13/c1-9-12-38(60-7)18-17-31(2)21-44(57)47-26-42(61-8)27-53(59,68-47)28-49-54-36(29-62-49)22-33(4)51-35(6)52-34(5)45(66-51)14-11-15-48-55-43(30-63-48)46-24-37(56)23-41(65-46)25-40-20-32(3)19-39(64-40)13-10-16-50(58)67-52/h10-11,15-18,21-22,29-30,34-35,37-42,44-47,51-52,56-57,59H,3,9,12-14,19-20,23-28H2,1-2,4-8H3/b15-11-,16-10-,18-17+,31-21+,33-22+/t34-,35-,37+,38+,39-,40+,41-,42+,44+,45+,46+,47+,51-,52-,53-/m0/s1. The second-order valence-corrected chi connectivity index (χ2v) is 19.7. The highest BCUT2D eigenvalue weighted by Crippen LogP contribution is 2.40. The fraction of sp³-hybridized carbons (Fsp3) is 0.642. The van der Waals surface area contributed by atoms with Gasteiger partial charge >= 0.3 is 5.97 Å². The molecule has 8 bridgehead atoms. The van der Waals surface area contributed by atoms with Crippen LogP contribution in [0, 0.1) is 11.8 Å². The molecule has 2 aromatic rings. The van der Waals surface area contributed by atoms with Crippen molar-refractivity contribution in [3.8, 4) is 0 Å². The van der Waals surface area contributed by atoms with Crippen LogP contribution in [0.5, 0.6) is 0 Å². The summed E-state index contributed by atoms with van der Waals surface area (Å²) >= 11 is 0. The highest BCUT2D eigenvalue weighted by atomic mass is 16.6. The Morgan fingerprint density at radius 3 is 2.54 bits per heavy atom. The Morgan fingerprint density at radius 2 is 1.76 bits per heavy atom. The van der Waals surface area contributed by atoms with Gasteiger partial charge in [-0.3, -0.25) is 0 Å². The molecular weight excluding hydrogens is 873 g/mol. The molecule has 2 aromatic heterocycles. The number of ether oxygens (including phenoxy) is 7. The van der Waals surface area contributed by atoms with Crippen molar-refractivity contribution < 1.29 is 62.1 Å². The van der Waals surface area contributed by atoms with Crippen LogP contribution in [0.4, 0.5) is 0 Å². The van der Waals surface area contributed by atoms with Crippen LogP contribution in [-0.2, 0) is 44.4 Å². The van der Waals surface area contributed by atoms with E-state index in [0.29, 0.717) is 68.6 Å². The number of oxazole rings is 2. The summed E-state index contributed by atoms with van der Waals surface area (Å²) in [5, 5.41) is 33.9. The molecule has 15 heteroatoms. The lowest BCUT2D eigenvalue weighted by Gasteiger charge is -2.44. The molecule has 7 rings (SSSR count). The molecule has 0 spiro atoms. The van der Waals surface area contributed by atoms with E-state index in [1.54, 1.807) is 32.6 Å². The van der Waals surface area contributed by atoms with Gasteiger partial charge in [0.2, 0.25) is 5.89 Å². The summed E-state index contributed by atoms with van der Waals surface area (Å²) in [6, 6.07) is 0. The van der Waals surface area contributed by atoms with E-state index in [9.17, 15) is 20.1 Å². The number of carbonyl (C=O) groups excluding carboxylic acids is 1. The summed E-state index contributed by atoms with van der Waals surface area (Å²) in [5.74, 6) is -1.91. The molecule has 15 nitrogen and oxygen atoms in total. The zero-order valence-corrected chi connectivity index (χ0v) is 40.9. The van der Waals surface area contributed by atoms with Crippen molar-refractivity contribution in [3.05, 3.63) is 95.4 Å². The van der Waals surface area contributed by atoms with Gasteiger partial charge in [-0.05, 0) is 70.1 Å². The SMILES string of the molecule is C=C1C[C@@H]2C[C@@H]3C[C@@H](O)C[C@@H](O3)c3coc(n3)/C=C\C[C@H]3O[C@@H](/C(C)=C/c4coc(C[C@]5(O)C[C@H](OC)C[C@H]([C@H](O)/C=C(C)/C=C/[C@@H](CCC)OC)O5)n4)[C@H](C)[C@@H](OC(=O)/C=C\C[C@@H](C1)O2)[C@H]3C. The van der Waals surface area contributed by atoms with E-state index in [2.05, 4.69) is 13.5 Å². The first kappa shape index (κ1) is 51.8. The molecule has 4 saturated heterocycles. The maximum absolute atomic E-state index is 13.5. The fourth-order valence-corrected chi connectivity index (χ4v) is 10.5. The summed E-state index contributed by atoms with van der Waals surface area (Å²) in [5.41, 5.74) is 3.91. The Kier molecular flexibility index (Phi) is 18.1. The van der Waals surface area contributed by atoms with E-state index < -0.39 is 48.4 Å². The zero-order valence-electron chi connectivity index (χ0n) is 40.9. The van der Waals surface area contributed by atoms with E-state index in [0.717, 1.165) is 29.6 Å². The highest BCUT2D eigenvalue weighted by molar-refractivity contribution is 5.82. The summed E-state index contributed by atoms with van der Waals surface area (Å²) in [4.78, 5) is 23.0. The Balaban J connectivity index is 1.07. The predicted octanol–water partition coefficient (Wildman–Crippen LogP) is 8.26. The minimum absolute atomic E-state index is 0.0138. The van der Waals surface area contributed by atoms with Gasteiger partial charge in [-0.25, -0.2) is 14.8 Å². The molecule has 0 saturated carbocycles. The van der Waals surface area contributed by atoms with Crippen LogP contribution in [0.25, 0.3) is 12.2 Å². The van der Waals surface area contributed by atoms with Gasteiger partial charge in [-0.1, -0.05) is 75.3 Å². The van der Waals surface area contributed by atoms with Gasteiger partial charge in [0.15, 0.2) is 11.7 Å². The first-order chi connectivity index (χ1) is 32.6. The topological polar surface area (TPSA) is 194 Å². The van der Waals surface area contributed by atoms with Crippen molar-refractivity contribution in [2.24, 2.45) is 11.8 Å². The molecule has 0 aliphatic carbocycles. The van der Waals surface area contributed by atoms with Crippen molar-refractivity contribution in [1.82, 2.24) is 9.97 Å². The number of esters is 1. The number of carbonyl (C=O) groups is 1. The summed E-state index contributed by atoms with van der Waals surface area (Å²) in [7, 11) is 3.26. The number of hydrogen-bond acceptors (Lipinski definition) is 15. The van der Waals surface area contributed by atoms with Crippen LogP contribution in [-0.4, -0.2) is 118 Å². The van der Waals surface area contributed by atoms with E-state index in [1.807, 2.05) is 58.1 Å². The number of methoxy groups -OCH3 is 2. The Bertz CT molecular complexity index is 2140. The largest absolute Gasteiger partial charge is 0.458 e. The van der Waals surface area contributed by atoms with Crippen LogP contribution < -0.4 is 0 Å². The van der Waals surface area contributed by atoms with Gasteiger partial charge in [0, 0.05) is 57.8 Å². The molecule has 0 aromatic carbocycles. The van der Waals surface area contributed by atoms with E-state index in [4.69, 9.17) is 52.0 Å². The van der Waals surface area contributed by atoms with Gasteiger partial charge in [0.1, 0.15) is 36.1 Å². The average Bonchev–Trinajstić information content (AvgIpc) is 3.95. The molecule has 4 fully saturated rings. The van der Waals surface area contributed by atoms with Crippen molar-refractivity contribution in [2.45, 2.75) is 191 Å². The van der Waals surface area contributed by atoms with Crippen LogP contribution >= 0.6 is 0 Å². The Morgan fingerprint density at radius 1 is 0.971 bits per heavy atom. The molecule has 0 unspecified atom stereocenters. The summed E-state index contributed by atoms with van der Waals surface area (Å²) < 4.78 is 55.2. The van der Waals surface area contributed by atoms with Gasteiger partial charge in [-0.2, -0.15) is 0 Å². The third-order valence-electron chi connectivity index (χ3n) is 14.0. The van der Waals surface area contributed by atoms with Crippen LogP contribution in [0.1, 0.15) is 135 Å². The minimum Gasteiger partial charge on any atom is -0.458 e. The lowest BCUT2D eigenvalue weighted by molar-refractivity contribution is -0.286. The van der Waals surface area contributed by atoms with Crippen molar-refractivity contribution in [2.75, 3.05) is 14.2 Å². The average molecular weight is 947 g/mol. The second kappa shape index (κ2) is 23.7. The Hall–Kier alpha value is -4.03. The number of fused-ring (bicyclic) bond motifs is 9. The zero-order chi connectivity index (χ0) is 48.5. The number of hydrogen-bond donors (Lipinski definition) is 3. The maximum atomic E-state index is 13.5. The van der Waals surface area contributed by atoms with Gasteiger partial charge in [0.05, 0.1) is 67.5 Å². The van der Waals surface area contributed by atoms with Crippen molar-refractivity contribution in [3.63, 3.8) is 0 Å². The van der Waals surface area contributed by atoms with Crippen LogP contribution in [0.15, 0.2) is 81.1 Å². The number of allylic oxidation sites excluding steroid dienone is 2. The molecule has 68 heavy (non-hydrogen) atoms. The Labute approximate surface area is 401 Å². The number of nitrogens with zero attached hydrogens (tertiary/aromatic N) is 2. The molecule has 0 amide bonds. The minimum atomic E-state index is -1.72. The first-order valence-corrected chi connectivity index (χ1v) is 24.5. The maximum Gasteiger partial charge on any atom is 0.330 e. The normalized spacial score (nSPS) is 36.4. The molecule has 0 radical (unpaired) electrons. The number of aliphatic hydroxyl groups is 3. The van der Waals surface area contributed by atoms with E-state index in [1.165, 1.54) is 12.3 Å². The highest BCUT2D eigenvalue weighted by Gasteiger charge is 2.45. The fourth-order valence-electron chi connectivity index (χ4n) is 10.5. The first-order valence-electron chi connectivity index (χ1n) is 24.5. The van der Waals surface area contributed by atoms with Gasteiger partial charge in [-0.15, -0.1) is 0 Å². The molecule has 374 valence electrons. The third kappa shape index (κ3) is 13.8. The summed E-state index contributed by atoms with van der Waals surface area (Å²) in [6.45, 7) is 14.3. The third-order valence-corrected chi connectivity index (χ3v) is 14.0. The number of aliphatic hydroxyl groups excluding tert-OH is 2. The van der Waals surface area contributed by atoms with Gasteiger partial charge in [0.25, 0.3) is 0 Å². The van der Waals surface area contributed by atoms with E-state index >= 15 is 0 Å². The second-order valence-electron chi connectivity index (χ2n) is 19.7. The molecule has 7 heterocycles. The predicted molar refractivity (Wildman–Crippen MR) is 254 cm³/mol. The van der Waals surface area contributed by atoms with Crippen LogP contribution in [0.2, 0.25) is 0 Å². The van der Waals surface area contributed by atoms with E-state index in [-0.39, 0.29) is 67.2 Å². The molecular formula is C53H74N2O13. The smallest absolute Gasteiger partial charge is 0.330 e. The van der Waals surface area contributed by atoms with Crippen molar-refractivity contribution in [1.29, 1.82) is 0 Å². The molecule has 5 aliphatic heterocycles. The lowest BCUT2D eigenvalue weighted by atomic mass is 9.79. The van der Waals surface area contributed by atoms with Gasteiger partial charge < -0.3 is 57.3 Å². The number of aromatic nitrogens is 2. The molecule has 3 N–H and O–H groups in total.